The zero-order valence-corrected chi connectivity index (χ0v) is 7.99. The fraction of sp³-hybridized carbons (Fsp3) is 1.00. The van der Waals surface area contributed by atoms with Gasteiger partial charge >= 0.3 is 0 Å². The minimum Gasteiger partial charge on any atom is -0.327 e. The van der Waals surface area contributed by atoms with Crippen LogP contribution in [0.1, 0.15) is 19.8 Å². The second-order valence-corrected chi connectivity index (χ2v) is 4.38. The van der Waals surface area contributed by atoms with Crippen molar-refractivity contribution >= 4 is 11.8 Å². The molecule has 3 heteroatoms. The van der Waals surface area contributed by atoms with E-state index in [-0.39, 0.29) is 0 Å². The SMILES string of the molecule is CC(N)CSCC1CCCN1. The van der Waals surface area contributed by atoms with Crippen molar-refractivity contribution in [2.45, 2.75) is 31.8 Å². The summed E-state index contributed by atoms with van der Waals surface area (Å²) in [6.07, 6.45) is 2.70. The average molecular weight is 174 g/mol. The number of hydrogen-bond acceptors (Lipinski definition) is 3. The molecule has 0 aromatic heterocycles. The molecule has 1 aliphatic heterocycles. The van der Waals surface area contributed by atoms with Gasteiger partial charge in [-0.2, -0.15) is 11.8 Å². The number of nitrogens with one attached hydrogen (secondary N) is 1. The number of hydrogen-bond donors (Lipinski definition) is 2. The van der Waals surface area contributed by atoms with Crippen molar-refractivity contribution in [2.75, 3.05) is 18.1 Å². The maximum Gasteiger partial charge on any atom is 0.0158 e. The first kappa shape index (κ1) is 9.36. The lowest BCUT2D eigenvalue weighted by molar-refractivity contribution is 0.673. The fourth-order valence-corrected chi connectivity index (χ4v) is 2.37. The van der Waals surface area contributed by atoms with Gasteiger partial charge in [-0.05, 0) is 26.3 Å². The normalized spacial score (nSPS) is 27.3. The molecular weight excluding hydrogens is 156 g/mol. The van der Waals surface area contributed by atoms with Gasteiger partial charge in [0.1, 0.15) is 0 Å². The molecule has 1 aliphatic rings. The Hall–Kier alpha value is 0.270. The Kier molecular flexibility index (Phi) is 4.26. The van der Waals surface area contributed by atoms with Crippen LogP contribution < -0.4 is 11.1 Å². The Balaban J connectivity index is 1.94. The lowest BCUT2D eigenvalue weighted by atomic mass is 10.3. The van der Waals surface area contributed by atoms with Crippen molar-refractivity contribution in [3.8, 4) is 0 Å². The summed E-state index contributed by atoms with van der Waals surface area (Å²) in [6.45, 7) is 3.28. The summed E-state index contributed by atoms with van der Waals surface area (Å²) in [5, 5.41) is 3.47. The van der Waals surface area contributed by atoms with Crippen LogP contribution in [0.15, 0.2) is 0 Å². The minimum atomic E-state index is 0.349. The Morgan fingerprint density at radius 1 is 1.73 bits per heavy atom. The minimum absolute atomic E-state index is 0.349. The van der Waals surface area contributed by atoms with Crippen LogP contribution in [-0.4, -0.2) is 30.1 Å². The van der Waals surface area contributed by atoms with Crippen LogP contribution >= 0.6 is 11.8 Å². The lowest BCUT2D eigenvalue weighted by Crippen LogP contribution is -2.25. The Labute approximate surface area is 73.3 Å². The molecule has 0 aromatic rings. The predicted octanol–water partition coefficient (Wildman–Crippen LogP) is 0.819. The molecule has 1 heterocycles. The largest absolute Gasteiger partial charge is 0.327 e. The van der Waals surface area contributed by atoms with E-state index in [4.69, 9.17) is 5.73 Å². The smallest absolute Gasteiger partial charge is 0.0158 e. The molecule has 0 aliphatic carbocycles. The van der Waals surface area contributed by atoms with Crippen LogP contribution in [0.2, 0.25) is 0 Å². The van der Waals surface area contributed by atoms with Crippen LogP contribution in [0.3, 0.4) is 0 Å². The highest BCUT2D eigenvalue weighted by Crippen LogP contribution is 2.11. The molecule has 66 valence electrons. The molecule has 2 nitrogen and oxygen atoms in total. The Bertz CT molecular complexity index is 100. The van der Waals surface area contributed by atoms with E-state index in [0.717, 1.165) is 11.8 Å². The molecule has 11 heavy (non-hydrogen) atoms. The van der Waals surface area contributed by atoms with Crippen molar-refractivity contribution < 1.29 is 0 Å². The summed E-state index contributed by atoms with van der Waals surface area (Å²) in [5.41, 5.74) is 5.64. The fourth-order valence-electron chi connectivity index (χ4n) is 1.30. The molecule has 1 saturated heterocycles. The first-order chi connectivity index (χ1) is 5.29. The standard InChI is InChI=1S/C8H18N2S/c1-7(9)5-11-6-8-3-2-4-10-8/h7-8,10H,2-6,9H2,1H3. The molecule has 0 radical (unpaired) electrons. The zero-order chi connectivity index (χ0) is 8.10. The average Bonchev–Trinajstić information content (AvgIpc) is 2.39. The highest BCUT2D eigenvalue weighted by atomic mass is 32.2. The van der Waals surface area contributed by atoms with Gasteiger partial charge in [-0.15, -0.1) is 0 Å². The molecule has 0 aromatic carbocycles. The lowest BCUT2D eigenvalue weighted by Gasteiger charge is -2.10. The van der Waals surface area contributed by atoms with Crippen molar-refractivity contribution in [1.29, 1.82) is 0 Å². The zero-order valence-electron chi connectivity index (χ0n) is 7.18. The summed E-state index contributed by atoms with van der Waals surface area (Å²) < 4.78 is 0. The van der Waals surface area contributed by atoms with Crippen molar-refractivity contribution in [1.82, 2.24) is 5.32 Å². The molecule has 1 fully saturated rings. The summed E-state index contributed by atoms with van der Waals surface area (Å²) >= 11 is 1.97. The second-order valence-electron chi connectivity index (χ2n) is 3.31. The van der Waals surface area contributed by atoms with Crippen molar-refractivity contribution in [3.05, 3.63) is 0 Å². The summed E-state index contributed by atoms with van der Waals surface area (Å²) in [6, 6.07) is 1.11. The van der Waals surface area contributed by atoms with E-state index in [1.807, 2.05) is 11.8 Å². The quantitative estimate of drug-likeness (QED) is 0.662. The first-order valence-electron chi connectivity index (χ1n) is 4.36. The number of rotatable bonds is 4. The van der Waals surface area contributed by atoms with E-state index < -0.39 is 0 Å². The van der Waals surface area contributed by atoms with E-state index in [1.165, 1.54) is 25.1 Å². The second kappa shape index (κ2) is 5.01. The summed E-state index contributed by atoms with van der Waals surface area (Å²) in [4.78, 5) is 0. The molecule has 0 amide bonds. The van der Waals surface area contributed by atoms with Gasteiger partial charge in [0, 0.05) is 23.6 Å². The molecule has 0 spiro atoms. The van der Waals surface area contributed by atoms with Crippen LogP contribution in [0.4, 0.5) is 0 Å². The number of nitrogens with two attached hydrogens (primary N) is 1. The Morgan fingerprint density at radius 3 is 3.09 bits per heavy atom. The van der Waals surface area contributed by atoms with E-state index in [2.05, 4.69) is 12.2 Å². The molecular formula is C8H18N2S. The van der Waals surface area contributed by atoms with Gasteiger partial charge in [-0.3, -0.25) is 0 Å². The maximum absolute atomic E-state index is 5.64. The van der Waals surface area contributed by atoms with Gasteiger partial charge in [-0.1, -0.05) is 0 Å². The van der Waals surface area contributed by atoms with Crippen LogP contribution in [0.5, 0.6) is 0 Å². The van der Waals surface area contributed by atoms with E-state index >= 15 is 0 Å². The van der Waals surface area contributed by atoms with Crippen molar-refractivity contribution in [2.24, 2.45) is 5.73 Å². The third kappa shape index (κ3) is 3.99. The van der Waals surface area contributed by atoms with Crippen molar-refractivity contribution in [3.63, 3.8) is 0 Å². The third-order valence-electron chi connectivity index (χ3n) is 1.86. The Morgan fingerprint density at radius 2 is 2.55 bits per heavy atom. The van der Waals surface area contributed by atoms with Gasteiger partial charge in [0.2, 0.25) is 0 Å². The van der Waals surface area contributed by atoms with E-state index in [1.54, 1.807) is 0 Å². The monoisotopic (exact) mass is 174 g/mol. The summed E-state index contributed by atoms with van der Waals surface area (Å²) in [5.74, 6) is 2.33. The van der Waals surface area contributed by atoms with Gasteiger partial charge < -0.3 is 11.1 Å². The van der Waals surface area contributed by atoms with E-state index in [0.29, 0.717) is 6.04 Å². The highest BCUT2D eigenvalue weighted by Gasteiger charge is 2.13. The van der Waals surface area contributed by atoms with Gasteiger partial charge in [0.05, 0.1) is 0 Å². The molecule has 0 bridgehead atoms. The third-order valence-corrected chi connectivity index (χ3v) is 3.26. The molecule has 3 N–H and O–H groups in total. The molecule has 2 atom stereocenters. The molecule has 1 rings (SSSR count). The highest BCUT2D eigenvalue weighted by molar-refractivity contribution is 7.99. The maximum atomic E-state index is 5.64. The predicted molar refractivity (Wildman–Crippen MR) is 52.0 cm³/mol. The van der Waals surface area contributed by atoms with Gasteiger partial charge in [0.25, 0.3) is 0 Å². The van der Waals surface area contributed by atoms with E-state index in [9.17, 15) is 0 Å². The number of thioether (sulfide) groups is 1. The summed E-state index contributed by atoms with van der Waals surface area (Å²) in [7, 11) is 0. The molecule has 2 unspecified atom stereocenters. The van der Waals surface area contributed by atoms with Crippen LogP contribution in [-0.2, 0) is 0 Å². The topological polar surface area (TPSA) is 38.0 Å². The van der Waals surface area contributed by atoms with Crippen LogP contribution in [0, 0.1) is 0 Å². The van der Waals surface area contributed by atoms with Crippen LogP contribution in [0.25, 0.3) is 0 Å². The van der Waals surface area contributed by atoms with Gasteiger partial charge in [-0.25, -0.2) is 0 Å². The first-order valence-corrected chi connectivity index (χ1v) is 5.51. The molecule has 0 saturated carbocycles. The van der Waals surface area contributed by atoms with Gasteiger partial charge in [0.15, 0.2) is 0 Å².